The van der Waals surface area contributed by atoms with Crippen molar-refractivity contribution >= 4 is 11.8 Å². The summed E-state index contributed by atoms with van der Waals surface area (Å²) in [6, 6.07) is 12.5. The quantitative estimate of drug-likeness (QED) is 0.408. The van der Waals surface area contributed by atoms with Gasteiger partial charge in [0, 0.05) is 11.1 Å². The maximum absolute atomic E-state index is 12.5. The molecule has 1 aliphatic rings. The van der Waals surface area contributed by atoms with Gasteiger partial charge in [-0.3, -0.25) is 9.68 Å². The smallest absolute Gasteiger partial charge is 0.293 e. The third-order valence-electron chi connectivity index (χ3n) is 3.69. The molecule has 0 fully saturated rings. The lowest BCUT2D eigenvalue weighted by atomic mass is 10.0. The molecule has 4 heteroatoms. The SMILES string of the molecule is CCCCOOC(=O)c1cccc2c1C(=O)c1ccccc1-2. The van der Waals surface area contributed by atoms with Gasteiger partial charge in [-0.15, -0.1) is 0 Å². The molecule has 0 radical (unpaired) electrons. The molecular formula is C18H16O4. The van der Waals surface area contributed by atoms with Gasteiger partial charge in [-0.2, -0.15) is 4.89 Å². The molecule has 0 amide bonds. The van der Waals surface area contributed by atoms with Gasteiger partial charge in [-0.05, 0) is 23.6 Å². The molecule has 0 bridgehead atoms. The van der Waals surface area contributed by atoms with Crippen LogP contribution in [0.2, 0.25) is 0 Å². The van der Waals surface area contributed by atoms with Crippen molar-refractivity contribution in [2.75, 3.05) is 6.61 Å². The minimum Gasteiger partial charge on any atom is -0.293 e. The van der Waals surface area contributed by atoms with Crippen LogP contribution in [0.1, 0.15) is 46.0 Å². The fourth-order valence-corrected chi connectivity index (χ4v) is 2.59. The van der Waals surface area contributed by atoms with E-state index in [1.807, 2.05) is 31.2 Å². The first-order chi connectivity index (χ1) is 10.7. The largest absolute Gasteiger partial charge is 0.373 e. The van der Waals surface area contributed by atoms with E-state index in [4.69, 9.17) is 9.78 Å². The second kappa shape index (κ2) is 6.12. The van der Waals surface area contributed by atoms with Crippen LogP contribution in [0.25, 0.3) is 11.1 Å². The number of carbonyl (C=O) groups is 2. The van der Waals surface area contributed by atoms with Crippen LogP contribution in [0.5, 0.6) is 0 Å². The van der Waals surface area contributed by atoms with Crippen LogP contribution < -0.4 is 0 Å². The predicted molar refractivity (Wildman–Crippen MR) is 81.6 cm³/mol. The lowest BCUT2D eigenvalue weighted by Gasteiger charge is -2.07. The van der Waals surface area contributed by atoms with E-state index in [0.29, 0.717) is 17.7 Å². The molecule has 0 atom stereocenters. The third-order valence-corrected chi connectivity index (χ3v) is 3.69. The summed E-state index contributed by atoms with van der Waals surface area (Å²) < 4.78 is 0. The average Bonchev–Trinajstić information content (AvgIpc) is 2.85. The van der Waals surface area contributed by atoms with Crippen molar-refractivity contribution in [3.63, 3.8) is 0 Å². The number of rotatable bonds is 5. The Labute approximate surface area is 128 Å². The first kappa shape index (κ1) is 14.5. The van der Waals surface area contributed by atoms with Crippen LogP contribution in [0.15, 0.2) is 42.5 Å². The van der Waals surface area contributed by atoms with Crippen molar-refractivity contribution < 1.29 is 19.4 Å². The van der Waals surface area contributed by atoms with Crippen molar-refractivity contribution in [3.8, 4) is 11.1 Å². The molecule has 2 aromatic rings. The summed E-state index contributed by atoms with van der Waals surface area (Å²) in [7, 11) is 0. The highest BCUT2D eigenvalue weighted by Crippen LogP contribution is 2.38. The average molecular weight is 296 g/mol. The lowest BCUT2D eigenvalue weighted by Crippen LogP contribution is -2.11. The second-order valence-electron chi connectivity index (χ2n) is 5.15. The maximum Gasteiger partial charge on any atom is 0.373 e. The molecule has 3 rings (SSSR count). The molecule has 4 nitrogen and oxygen atoms in total. The molecule has 0 N–H and O–H groups in total. The molecule has 1 aliphatic carbocycles. The van der Waals surface area contributed by atoms with Gasteiger partial charge in [0.1, 0.15) is 0 Å². The van der Waals surface area contributed by atoms with E-state index < -0.39 is 5.97 Å². The standard InChI is InChI=1S/C18H16O4/c1-2-3-11-21-22-18(20)15-10-6-9-13-12-7-4-5-8-14(12)17(19)16(13)15/h4-10H,2-3,11H2,1H3. The Morgan fingerprint density at radius 3 is 2.50 bits per heavy atom. The normalized spacial score (nSPS) is 12.0. The van der Waals surface area contributed by atoms with Gasteiger partial charge in [0.15, 0.2) is 5.78 Å². The molecule has 0 unspecified atom stereocenters. The zero-order chi connectivity index (χ0) is 15.5. The van der Waals surface area contributed by atoms with Crippen LogP contribution in [0, 0.1) is 0 Å². The Morgan fingerprint density at radius 1 is 1.00 bits per heavy atom. The van der Waals surface area contributed by atoms with E-state index in [0.717, 1.165) is 24.0 Å². The number of fused-ring (bicyclic) bond motifs is 3. The molecule has 0 saturated heterocycles. The highest BCUT2D eigenvalue weighted by molar-refractivity contribution is 6.25. The van der Waals surface area contributed by atoms with E-state index in [1.54, 1.807) is 18.2 Å². The van der Waals surface area contributed by atoms with Gasteiger partial charge in [0.25, 0.3) is 0 Å². The Balaban J connectivity index is 1.90. The number of hydrogen-bond donors (Lipinski definition) is 0. The predicted octanol–water partition coefficient (Wildman–Crippen LogP) is 3.79. The van der Waals surface area contributed by atoms with Crippen LogP contribution in [-0.4, -0.2) is 18.4 Å². The molecular weight excluding hydrogens is 280 g/mol. The topological polar surface area (TPSA) is 52.6 Å². The molecule has 0 spiro atoms. The fourth-order valence-electron chi connectivity index (χ4n) is 2.59. The van der Waals surface area contributed by atoms with E-state index in [1.165, 1.54) is 0 Å². The third kappa shape index (κ3) is 2.42. The number of ketones is 1. The van der Waals surface area contributed by atoms with E-state index in [2.05, 4.69) is 0 Å². The van der Waals surface area contributed by atoms with Crippen molar-refractivity contribution in [1.29, 1.82) is 0 Å². The van der Waals surface area contributed by atoms with Gasteiger partial charge in [0.2, 0.25) is 0 Å². The summed E-state index contributed by atoms with van der Waals surface area (Å²) in [5.74, 6) is -0.777. The highest BCUT2D eigenvalue weighted by atomic mass is 17.2. The van der Waals surface area contributed by atoms with Gasteiger partial charge >= 0.3 is 5.97 Å². The summed E-state index contributed by atoms with van der Waals surface area (Å²) in [6.07, 6.45) is 1.76. The van der Waals surface area contributed by atoms with Gasteiger partial charge in [-0.1, -0.05) is 49.7 Å². The van der Waals surface area contributed by atoms with E-state index in [-0.39, 0.29) is 11.3 Å². The molecule has 0 aliphatic heterocycles. The molecule has 112 valence electrons. The first-order valence-electron chi connectivity index (χ1n) is 7.35. The summed E-state index contributed by atoms with van der Waals surface area (Å²) >= 11 is 0. The number of hydrogen-bond acceptors (Lipinski definition) is 4. The number of unbranched alkanes of at least 4 members (excludes halogenated alkanes) is 1. The lowest BCUT2D eigenvalue weighted by molar-refractivity contribution is -0.241. The van der Waals surface area contributed by atoms with Crippen LogP contribution in [0.4, 0.5) is 0 Å². The minimum atomic E-state index is -0.630. The van der Waals surface area contributed by atoms with Gasteiger partial charge < -0.3 is 0 Å². The van der Waals surface area contributed by atoms with Gasteiger partial charge in [0.05, 0.1) is 12.2 Å². The summed E-state index contributed by atoms with van der Waals surface area (Å²) in [5, 5.41) is 0. The zero-order valence-electron chi connectivity index (χ0n) is 12.3. The van der Waals surface area contributed by atoms with E-state index >= 15 is 0 Å². The van der Waals surface area contributed by atoms with Crippen molar-refractivity contribution in [3.05, 3.63) is 59.2 Å². The van der Waals surface area contributed by atoms with Crippen LogP contribution in [-0.2, 0) is 9.78 Å². The maximum atomic E-state index is 12.5. The molecule has 2 aromatic carbocycles. The Hall–Kier alpha value is -2.46. The van der Waals surface area contributed by atoms with Crippen molar-refractivity contribution in [2.45, 2.75) is 19.8 Å². The summed E-state index contributed by atoms with van der Waals surface area (Å²) in [6.45, 7) is 2.37. The Bertz CT molecular complexity index is 734. The first-order valence-corrected chi connectivity index (χ1v) is 7.35. The van der Waals surface area contributed by atoms with Crippen molar-refractivity contribution in [1.82, 2.24) is 0 Å². The highest BCUT2D eigenvalue weighted by Gasteiger charge is 2.31. The molecule has 0 heterocycles. The minimum absolute atomic E-state index is 0.147. The summed E-state index contributed by atoms with van der Waals surface area (Å²) in [5.41, 5.74) is 2.88. The van der Waals surface area contributed by atoms with E-state index in [9.17, 15) is 9.59 Å². The second-order valence-corrected chi connectivity index (χ2v) is 5.15. The Kier molecular flexibility index (Phi) is 4.02. The molecule has 0 aromatic heterocycles. The van der Waals surface area contributed by atoms with Crippen LogP contribution >= 0.6 is 0 Å². The zero-order valence-corrected chi connectivity index (χ0v) is 12.3. The van der Waals surface area contributed by atoms with Gasteiger partial charge in [-0.25, -0.2) is 4.79 Å². The van der Waals surface area contributed by atoms with Crippen molar-refractivity contribution in [2.24, 2.45) is 0 Å². The molecule has 0 saturated carbocycles. The number of carbonyl (C=O) groups excluding carboxylic acids is 2. The molecule has 22 heavy (non-hydrogen) atoms. The Morgan fingerprint density at radius 2 is 1.73 bits per heavy atom. The fraction of sp³-hybridized carbons (Fsp3) is 0.222. The number of benzene rings is 2. The summed E-state index contributed by atoms with van der Waals surface area (Å²) in [4.78, 5) is 34.4. The monoisotopic (exact) mass is 296 g/mol. The van der Waals surface area contributed by atoms with Crippen LogP contribution in [0.3, 0.4) is 0 Å².